The SMILES string of the molecule is Cc1ccc(NC(=N)NCS(=O)(=O)O)cc1. The Labute approximate surface area is 93.9 Å². The van der Waals surface area contributed by atoms with Crippen molar-refractivity contribution in [2.24, 2.45) is 0 Å². The molecule has 88 valence electrons. The maximum atomic E-state index is 10.4. The summed E-state index contributed by atoms with van der Waals surface area (Å²) in [5, 5.41) is 12.2. The van der Waals surface area contributed by atoms with E-state index in [0.717, 1.165) is 5.56 Å². The van der Waals surface area contributed by atoms with Gasteiger partial charge in [0.15, 0.2) is 5.96 Å². The molecule has 0 unspecified atom stereocenters. The molecule has 0 aromatic heterocycles. The summed E-state index contributed by atoms with van der Waals surface area (Å²) >= 11 is 0. The van der Waals surface area contributed by atoms with E-state index in [-0.39, 0.29) is 5.96 Å². The molecule has 16 heavy (non-hydrogen) atoms. The molecule has 1 aromatic rings. The highest BCUT2D eigenvalue weighted by Gasteiger charge is 2.05. The van der Waals surface area contributed by atoms with Gasteiger partial charge in [0.1, 0.15) is 5.88 Å². The molecule has 0 saturated carbocycles. The standard InChI is InChI=1S/C9H13N3O3S/c1-7-2-4-8(5-3-7)12-9(10)11-6-16(13,14)15/h2-5H,6H2,1H3,(H3,10,11,12)(H,13,14,15). The van der Waals surface area contributed by atoms with Gasteiger partial charge in [0.05, 0.1) is 0 Å². The quantitative estimate of drug-likeness (QED) is 0.357. The Kier molecular flexibility index (Phi) is 3.86. The first-order valence-electron chi connectivity index (χ1n) is 4.48. The molecule has 0 fully saturated rings. The van der Waals surface area contributed by atoms with Crippen LogP contribution in [0.4, 0.5) is 5.69 Å². The van der Waals surface area contributed by atoms with Crippen molar-refractivity contribution < 1.29 is 13.0 Å². The van der Waals surface area contributed by atoms with E-state index < -0.39 is 16.0 Å². The zero-order valence-electron chi connectivity index (χ0n) is 8.69. The lowest BCUT2D eigenvalue weighted by atomic mass is 10.2. The highest BCUT2D eigenvalue weighted by atomic mass is 32.2. The van der Waals surface area contributed by atoms with E-state index in [1.807, 2.05) is 19.1 Å². The van der Waals surface area contributed by atoms with Crippen LogP contribution < -0.4 is 10.6 Å². The predicted octanol–water partition coefficient (Wildman–Crippen LogP) is 0.777. The van der Waals surface area contributed by atoms with E-state index in [4.69, 9.17) is 9.96 Å². The Hall–Kier alpha value is -1.60. The van der Waals surface area contributed by atoms with Crippen LogP contribution >= 0.6 is 0 Å². The van der Waals surface area contributed by atoms with Crippen LogP contribution in [0.5, 0.6) is 0 Å². The van der Waals surface area contributed by atoms with Crippen molar-refractivity contribution in [3.8, 4) is 0 Å². The summed E-state index contributed by atoms with van der Waals surface area (Å²) in [6.07, 6.45) is 0. The molecular weight excluding hydrogens is 230 g/mol. The van der Waals surface area contributed by atoms with Gasteiger partial charge in [-0.25, -0.2) is 0 Å². The van der Waals surface area contributed by atoms with Gasteiger partial charge in [0.2, 0.25) is 0 Å². The molecule has 7 heteroatoms. The third-order valence-corrected chi connectivity index (χ3v) is 2.26. The minimum Gasteiger partial charge on any atom is -0.340 e. The molecule has 0 radical (unpaired) electrons. The first-order valence-corrected chi connectivity index (χ1v) is 6.09. The van der Waals surface area contributed by atoms with Gasteiger partial charge in [-0.1, -0.05) is 17.7 Å². The van der Waals surface area contributed by atoms with Crippen LogP contribution in [0.25, 0.3) is 0 Å². The number of hydrogen-bond acceptors (Lipinski definition) is 3. The number of anilines is 1. The normalized spacial score (nSPS) is 10.9. The summed E-state index contributed by atoms with van der Waals surface area (Å²) < 4.78 is 29.3. The van der Waals surface area contributed by atoms with Crippen LogP contribution in [0.15, 0.2) is 24.3 Å². The van der Waals surface area contributed by atoms with E-state index in [0.29, 0.717) is 5.69 Å². The minimum atomic E-state index is -4.11. The van der Waals surface area contributed by atoms with Crippen LogP contribution in [-0.4, -0.2) is 24.8 Å². The fourth-order valence-corrected chi connectivity index (χ4v) is 1.32. The Balaban J connectivity index is 2.49. The molecule has 0 spiro atoms. The summed E-state index contributed by atoms with van der Waals surface area (Å²) in [5.74, 6) is -0.883. The van der Waals surface area contributed by atoms with Crippen LogP contribution in [0.2, 0.25) is 0 Å². The number of aryl methyl sites for hydroxylation is 1. The monoisotopic (exact) mass is 243 g/mol. The first kappa shape index (κ1) is 12.5. The van der Waals surface area contributed by atoms with Crippen molar-refractivity contribution in [2.45, 2.75) is 6.92 Å². The molecule has 0 atom stereocenters. The number of hydrogen-bond donors (Lipinski definition) is 4. The third kappa shape index (κ3) is 4.76. The van der Waals surface area contributed by atoms with Crippen molar-refractivity contribution in [3.63, 3.8) is 0 Å². The molecular formula is C9H13N3O3S. The van der Waals surface area contributed by atoms with E-state index in [9.17, 15) is 8.42 Å². The fourth-order valence-electron chi connectivity index (χ4n) is 0.989. The smallest absolute Gasteiger partial charge is 0.283 e. The summed E-state index contributed by atoms with van der Waals surface area (Å²) in [7, 11) is -4.11. The van der Waals surface area contributed by atoms with Gasteiger partial charge in [0, 0.05) is 5.69 Å². The molecule has 0 aliphatic carbocycles. The highest BCUT2D eigenvalue weighted by molar-refractivity contribution is 7.85. The number of guanidine groups is 1. The van der Waals surface area contributed by atoms with Gasteiger partial charge in [0.25, 0.3) is 10.1 Å². The zero-order valence-corrected chi connectivity index (χ0v) is 9.50. The lowest BCUT2D eigenvalue weighted by Crippen LogP contribution is -2.33. The lowest BCUT2D eigenvalue weighted by Gasteiger charge is -2.09. The van der Waals surface area contributed by atoms with Crippen LogP contribution in [-0.2, 0) is 10.1 Å². The molecule has 0 aliphatic rings. The van der Waals surface area contributed by atoms with Crippen LogP contribution in [0.1, 0.15) is 5.56 Å². The molecule has 0 aliphatic heterocycles. The Bertz CT molecular complexity index is 467. The maximum Gasteiger partial charge on any atom is 0.283 e. The number of rotatable bonds is 3. The largest absolute Gasteiger partial charge is 0.340 e. The zero-order chi connectivity index (χ0) is 12.2. The Morgan fingerprint density at radius 1 is 1.38 bits per heavy atom. The van der Waals surface area contributed by atoms with Crippen molar-refractivity contribution >= 4 is 21.8 Å². The summed E-state index contributed by atoms with van der Waals surface area (Å²) in [4.78, 5) is 0. The Morgan fingerprint density at radius 3 is 2.44 bits per heavy atom. The molecule has 0 heterocycles. The van der Waals surface area contributed by atoms with E-state index in [2.05, 4.69) is 10.6 Å². The molecule has 1 rings (SSSR count). The fraction of sp³-hybridized carbons (Fsp3) is 0.222. The van der Waals surface area contributed by atoms with Gasteiger partial charge < -0.3 is 10.6 Å². The molecule has 0 bridgehead atoms. The first-order chi connectivity index (χ1) is 7.37. The summed E-state index contributed by atoms with van der Waals surface area (Å²) in [6.45, 7) is 1.94. The predicted molar refractivity (Wildman–Crippen MR) is 62.1 cm³/mol. The van der Waals surface area contributed by atoms with Crippen molar-refractivity contribution in [1.82, 2.24) is 5.32 Å². The second-order valence-corrected chi connectivity index (χ2v) is 4.72. The summed E-state index contributed by atoms with van der Waals surface area (Å²) in [6, 6.07) is 7.24. The van der Waals surface area contributed by atoms with Gasteiger partial charge >= 0.3 is 0 Å². The average molecular weight is 243 g/mol. The average Bonchev–Trinajstić information content (AvgIpc) is 2.18. The van der Waals surface area contributed by atoms with Gasteiger partial charge in [-0.2, -0.15) is 8.42 Å². The number of nitrogens with one attached hydrogen (secondary N) is 3. The van der Waals surface area contributed by atoms with Crippen LogP contribution in [0, 0.1) is 12.3 Å². The van der Waals surface area contributed by atoms with E-state index >= 15 is 0 Å². The van der Waals surface area contributed by atoms with Gasteiger partial charge in [-0.05, 0) is 19.1 Å². The van der Waals surface area contributed by atoms with Gasteiger partial charge in [-0.3, -0.25) is 9.96 Å². The second-order valence-electron chi connectivity index (χ2n) is 3.27. The van der Waals surface area contributed by atoms with Crippen molar-refractivity contribution in [3.05, 3.63) is 29.8 Å². The molecule has 0 amide bonds. The topological polar surface area (TPSA) is 102 Å². The molecule has 6 nitrogen and oxygen atoms in total. The molecule has 1 aromatic carbocycles. The molecule has 0 saturated heterocycles. The Morgan fingerprint density at radius 2 is 1.94 bits per heavy atom. The third-order valence-electron chi connectivity index (χ3n) is 1.75. The summed E-state index contributed by atoms with van der Waals surface area (Å²) in [5.41, 5.74) is 1.75. The maximum absolute atomic E-state index is 10.4. The van der Waals surface area contributed by atoms with Gasteiger partial charge in [-0.15, -0.1) is 0 Å². The highest BCUT2D eigenvalue weighted by Crippen LogP contribution is 2.07. The molecule has 4 N–H and O–H groups in total. The second kappa shape index (κ2) is 4.95. The van der Waals surface area contributed by atoms with Crippen LogP contribution in [0.3, 0.4) is 0 Å². The minimum absolute atomic E-state index is 0.193. The number of benzene rings is 1. The van der Waals surface area contributed by atoms with E-state index in [1.165, 1.54) is 0 Å². The lowest BCUT2D eigenvalue weighted by molar-refractivity contribution is 0.481. The van der Waals surface area contributed by atoms with Crippen molar-refractivity contribution in [1.29, 1.82) is 5.41 Å². The van der Waals surface area contributed by atoms with Crippen molar-refractivity contribution in [2.75, 3.05) is 11.2 Å². The van der Waals surface area contributed by atoms with E-state index in [1.54, 1.807) is 12.1 Å².